The van der Waals surface area contributed by atoms with Crippen molar-refractivity contribution in [2.24, 2.45) is 59.2 Å². The quantitative estimate of drug-likeness (QED) is 0.289. The molecule has 10 rings (SSSR count). The third-order valence-electron chi connectivity index (χ3n) is 17.0. The Kier molecular flexibility index (Phi) is 9.86. The van der Waals surface area contributed by atoms with Crippen LogP contribution >= 0.6 is 0 Å². The van der Waals surface area contributed by atoms with E-state index in [1.807, 2.05) is 0 Å². The molecule has 3 heterocycles. The van der Waals surface area contributed by atoms with Crippen molar-refractivity contribution in [3.8, 4) is 0 Å². The summed E-state index contributed by atoms with van der Waals surface area (Å²) in [6.07, 6.45) is 34.4. The van der Waals surface area contributed by atoms with E-state index in [1.165, 1.54) is 147 Å². The van der Waals surface area contributed by atoms with Crippen LogP contribution in [-0.2, 0) is 9.47 Å². The van der Waals surface area contributed by atoms with Gasteiger partial charge in [-0.3, -0.25) is 16.0 Å². The second-order valence-electron chi connectivity index (χ2n) is 19.4. The molecule has 0 radical (unpaired) electrons. The number of hydrogen-bond acceptors (Lipinski definition) is 5. The third-order valence-corrected chi connectivity index (χ3v) is 17.0. The zero-order valence-corrected chi connectivity index (χ0v) is 31.1. The van der Waals surface area contributed by atoms with Gasteiger partial charge in [-0.2, -0.15) is 0 Å². The Morgan fingerprint density at radius 2 is 1.00 bits per heavy atom. The first-order chi connectivity index (χ1) is 24.7. The van der Waals surface area contributed by atoms with E-state index in [0.717, 1.165) is 53.3 Å². The molecule has 3 saturated heterocycles. The molecule has 0 aromatic heterocycles. The van der Waals surface area contributed by atoms with Crippen molar-refractivity contribution in [1.29, 1.82) is 0 Å². The van der Waals surface area contributed by atoms with Gasteiger partial charge >= 0.3 is 0 Å². The number of rotatable bonds is 5. The molecular weight excluding hydrogens is 615 g/mol. The Morgan fingerprint density at radius 3 is 1.84 bits per heavy atom. The Hall–Kier alpha value is -0.980. The monoisotopic (exact) mass is 684 g/mol. The molecule has 9 fully saturated rings. The Bertz CT molecular complexity index is 1270. The van der Waals surface area contributed by atoms with E-state index in [0.29, 0.717) is 42.7 Å². The van der Waals surface area contributed by atoms with Crippen LogP contribution in [-0.4, -0.2) is 36.7 Å². The van der Waals surface area contributed by atoms with Gasteiger partial charge in [-0.1, -0.05) is 88.1 Å². The maximum absolute atomic E-state index is 7.24. The van der Waals surface area contributed by atoms with Crippen molar-refractivity contribution in [1.82, 2.24) is 16.0 Å². The first kappa shape index (κ1) is 33.6. The molecule has 6 aliphatic carbocycles. The SMILES string of the molecule is c1ccc(C2NC(C3CCCCC3)NC(C3CCC4C(C3)OC3CC(C5CCCC(C6CCCC7OC8CCCCC8C76)C5)CCC34)N2)cc1. The summed E-state index contributed by atoms with van der Waals surface area (Å²) >= 11 is 0. The predicted octanol–water partition coefficient (Wildman–Crippen LogP) is 9.48. The normalized spacial score (nSPS) is 49.8. The van der Waals surface area contributed by atoms with Crippen LogP contribution in [0.2, 0.25) is 0 Å². The molecule has 50 heavy (non-hydrogen) atoms. The van der Waals surface area contributed by atoms with Crippen molar-refractivity contribution >= 4 is 0 Å². The lowest BCUT2D eigenvalue weighted by Crippen LogP contribution is -2.67. The van der Waals surface area contributed by atoms with Crippen LogP contribution in [0.15, 0.2) is 30.3 Å². The van der Waals surface area contributed by atoms with Crippen LogP contribution in [0.3, 0.4) is 0 Å². The summed E-state index contributed by atoms with van der Waals surface area (Å²) in [6.45, 7) is 0. The van der Waals surface area contributed by atoms with Gasteiger partial charge in [0.2, 0.25) is 0 Å². The van der Waals surface area contributed by atoms with Crippen LogP contribution in [0, 0.1) is 59.2 Å². The minimum Gasteiger partial charge on any atom is -0.374 e. The summed E-state index contributed by atoms with van der Waals surface area (Å²) in [5, 5.41) is 12.3. The summed E-state index contributed by atoms with van der Waals surface area (Å²) < 4.78 is 14.0. The van der Waals surface area contributed by atoms with Crippen molar-refractivity contribution in [2.45, 2.75) is 184 Å². The fourth-order valence-electron chi connectivity index (χ4n) is 14.7. The largest absolute Gasteiger partial charge is 0.374 e. The van der Waals surface area contributed by atoms with Gasteiger partial charge in [0, 0.05) is 0 Å². The summed E-state index contributed by atoms with van der Waals surface area (Å²) in [7, 11) is 0. The lowest BCUT2D eigenvalue weighted by atomic mass is 9.58. The number of ether oxygens (including phenoxy) is 2. The second-order valence-corrected chi connectivity index (χ2v) is 19.4. The third kappa shape index (κ3) is 6.47. The highest BCUT2D eigenvalue weighted by Gasteiger charge is 2.54. The maximum atomic E-state index is 7.24. The van der Waals surface area contributed by atoms with Gasteiger partial charge < -0.3 is 9.47 Å². The molecule has 0 spiro atoms. The van der Waals surface area contributed by atoms with Crippen LogP contribution in [0.5, 0.6) is 0 Å². The van der Waals surface area contributed by atoms with Crippen molar-refractivity contribution in [3.63, 3.8) is 0 Å². The average molecular weight is 684 g/mol. The van der Waals surface area contributed by atoms with Crippen molar-refractivity contribution in [3.05, 3.63) is 35.9 Å². The van der Waals surface area contributed by atoms with E-state index in [2.05, 4.69) is 46.3 Å². The summed E-state index contributed by atoms with van der Waals surface area (Å²) in [5.41, 5.74) is 1.38. The van der Waals surface area contributed by atoms with Gasteiger partial charge in [0.25, 0.3) is 0 Å². The molecule has 3 aliphatic heterocycles. The molecule has 16 unspecified atom stereocenters. The Balaban J connectivity index is 0.779. The van der Waals surface area contributed by atoms with Crippen LogP contribution < -0.4 is 16.0 Å². The lowest BCUT2D eigenvalue weighted by molar-refractivity contribution is -0.0351. The number of hydrogen-bond donors (Lipinski definition) is 3. The molecule has 16 atom stereocenters. The van der Waals surface area contributed by atoms with Gasteiger partial charge in [0.1, 0.15) is 0 Å². The van der Waals surface area contributed by atoms with Gasteiger partial charge in [-0.25, -0.2) is 0 Å². The zero-order chi connectivity index (χ0) is 33.0. The topological polar surface area (TPSA) is 54.5 Å². The van der Waals surface area contributed by atoms with E-state index >= 15 is 0 Å². The molecule has 3 N–H and O–H groups in total. The van der Waals surface area contributed by atoms with E-state index in [-0.39, 0.29) is 6.17 Å². The first-order valence-electron chi connectivity index (χ1n) is 22.4. The molecule has 276 valence electrons. The summed E-state index contributed by atoms with van der Waals surface area (Å²) in [5.74, 6) is 8.61. The van der Waals surface area contributed by atoms with Crippen LogP contribution in [0.4, 0.5) is 0 Å². The fourth-order valence-corrected chi connectivity index (χ4v) is 14.7. The van der Waals surface area contributed by atoms with E-state index < -0.39 is 0 Å². The molecular formula is C45H69N3O2. The number of fused-ring (bicyclic) bond motifs is 6. The fraction of sp³-hybridized carbons (Fsp3) is 0.867. The van der Waals surface area contributed by atoms with Crippen LogP contribution in [0.25, 0.3) is 0 Å². The average Bonchev–Trinajstić information content (AvgIpc) is 3.76. The van der Waals surface area contributed by atoms with Gasteiger partial charge in [0.15, 0.2) is 0 Å². The van der Waals surface area contributed by atoms with Gasteiger partial charge in [-0.05, 0) is 148 Å². The van der Waals surface area contributed by atoms with E-state index in [4.69, 9.17) is 9.47 Å². The van der Waals surface area contributed by atoms with Gasteiger partial charge in [-0.15, -0.1) is 0 Å². The van der Waals surface area contributed by atoms with Crippen molar-refractivity contribution in [2.75, 3.05) is 0 Å². The maximum Gasteiger partial charge on any atom is 0.0859 e. The number of benzene rings is 1. The smallest absolute Gasteiger partial charge is 0.0859 e. The molecule has 6 saturated carbocycles. The Labute approximate surface area is 303 Å². The summed E-state index contributed by atoms with van der Waals surface area (Å²) in [4.78, 5) is 0. The minimum atomic E-state index is 0.226. The highest BCUT2D eigenvalue weighted by Crippen LogP contribution is 2.57. The Morgan fingerprint density at radius 1 is 0.400 bits per heavy atom. The molecule has 9 aliphatic rings. The zero-order valence-electron chi connectivity index (χ0n) is 31.1. The molecule has 5 nitrogen and oxygen atoms in total. The van der Waals surface area contributed by atoms with Crippen LogP contribution in [0.1, 0.15) is 153 Å². The second kappa shape index (κ2) is 14.7. The van der Waals surface area contributed by atoms with E-state index in [1.54, 1.807) is 0 Å². The molecule has 0 amide bonds. The van der Waals surface area contributed by atoms with E-state index in [9.17, 15) is 0 Å². The standard InChI is InChI=1S/C45H69N3O2/c1-3-11-28(12-4-1)43-46-44(29-13-5-2-6-14-29)48-45(47-43)33-22-24-36-35-23-21-31(26-40(35)50-41(36)27-33)30-15-9-16-32(25-30)34-18-10-20-39-42(34)37-17-7-8-19-38(37)49-39/h1,3-4,11-12,29-48H,2,5-10,13-27H2. The minimum absolute atomic E-state index is 0.226. The van der Waals surface area contributed by atoms with Gasteiger partial charge in [0.05, 0.1) is 42.9 Å². The molecule has 1 aromatic carbocycles. The first-order valence-corrected chi connectivity index (χ1v) is 22.4. The highest BCUT2D eigenvalue weighted by molar-refractivity contribution is 5.20. The highest BCUT2D eigenvalue weighted by atomic mass is 16.5. The predicted molar refractivity (Wildman–Crippen MR) is 200 cm³/mol. The lowest BCUT2D eigenvalue weighted by Gasteiger charge is -2.47. The molecule has 1 aromatic rings. The van der Waals surface area contributed by atoms with Crippen molar-refractivity contribution < 1.29 is 9.47 Å². The molecule has 0 bridgehead atoms. The summed E-state index contributed by atoms with van der Waals surface area (Å²) in [6, 6.07) is 11.2. The molecule has 5 heteroatoms. The number of nitrogens with one attached hydrogen (secondary N) is 3.